The van der Waals surface area contributed by atoms with Gasteiger partial charge in [0.15, 0.2) is 0 Å². The molecule has 1 fully saturated rings. The second-order valence-corrected chi connectivity index (χ2v) is 5.09. The second kappa shape index (κ2) is 3.58. The van der Waals surface area contributed by atoms with Crippen molar-refractivity contribution in [2.24, 2.45) is 10.8 Å². The molecule has 0 heterocycles. The van der Waals surface area contributed by atoms with Gasteiger partial charge in [0.05, 0.1) is 0 Å². The van der Waals surface area contributed by atoms with Crippen LogP contribution >= 0.6 is 0 Å². The van der Waals surface area contributed by atoms with Gasteiger partial charge >= 0.3 is 0 Å². The first-order valence-corrected chi connectivity index (χ1v) is 5.32. The Labute approximate surface area is 81.7 Å². The maximum atomic E-state index is 9.42. The van der Waals surface area contributed by atoms with Gasteiger partial charge < -0.3 is 10.4 Å². The van der Waals surface area contributed by atoms with Gasteiger partial charge in [-0.25, -0.2) is 0 Å². The molecule has 13 heavy (non-hydrogen) atoms. The van der Waals surface area contributed by atoms with Crippen molar-refractivity contribution in [2.45, 2.75) is 46.6 Å². The molecule has 78 valence electrons. The van der Waals surface area contributed by atoms with Crippen LogP contribution in [0, 0.1) is 10.8 Å². The zero-order valence-electron chi connectivity index (χ0n) is 9.35. The van der Waals surface area contributed by atoms with Crippen molar-refractivity contribution in [3.05, 3.63) is 0 Å². The van der Waals surface area contributed by atoms with Crippen LogP contribution in [-0.4, -0.2) is 24.3 Å². The van der Waals surface area contributed by atoms with E-state index in [1.165, 1.54) is 6.42 Å². The van der Waals surface area contributed by atoms with E-state index in [0.29, 0.717) is 12.6 Å². The summed E-state index contributed by atoms with van der Waals surface area (Å²) in [6.07, 6.45) is 2.33. The quantitative estimate of drug-likeness (QED) is 0.702. The standard InChI is InChI=1S/C11H23NO/c1-5-12-9-6-7-11(4,8-13)10(9,2)3/h9,12-13H,5-8H2,1-4H3. The zero-order chi connectivity index (χ0) is 10.1. The summed E-state index contributed by atoms with van der Waals surface area (Å²) in [5.74, 6) is 0. The molecule has 0 aliphatic heterocycles. The van der Waals surface area contributed by atoms with E-state index in [2.05, 4.69) is 33.0 Å². The van der Waals surface area contributed by atoms with E-state index >= 15 is 0 Å². The van der Waals surface area contributed by atoms with Crippen molar-refractivity contribution in [3.8, 4) is 0 Å². The largest absolute Gasteiger partial charge is 0.396 e. The van der Waals surface area contributed by atoms with Crippen LogP contribution in [0.1, 0.15) is 40.5 Å². The normalized spacial score (nSPS) is 38.1. The predicted octanol–water partition coefficient (Wildman–Crippen LogP) is 1.78. The molecule has 0 spiro atoms. The van der Waals surface area contributed by atoms with Gasteiger partial charge in [0.1, 0.15) is 0 Å². The van der Waals surface area contributed by atoms with E-state index in [1.54, 1.807) is 0 Å². The third-order valence-electron chi connectivity index (χ3n) is 4.21. The molecule has 0 saturated heterocycles. The molecule has 2 N–H and O–H groups in total. The first-order valence-electron chi connectivity index (χ1n) is 5.32. The Hall–Kier alpha value is -0.0800. The highest BCUT2D eigenvalue weighted by Gasteiger charge is 2.50. The Balaban J connectivity index is 2.76. The summed E-state index contributed by atoms with van der Waals surface area (Å²) >= 11 is 0. The van der Waals surface area contributed by atoms with E-state index in [-0.39, 0.29) is 10.8 Å². The summed E-state index contributed by atoms with van der Waals surface area (Å²) in [4.78, 5) is 0. The minimum Gasteiger partial charge on any atom is -0.396 e. The van der Waals surface area contributed by atoms with Crippen LogP contribution < -0.4 is 5.32 Å². The Bertz CT molecular complexity index is 179. The number of nitrogens with one attached hydrogen (secondary N) is 1. The maximum Gasteiger partial charge on any atom is 0.0490 e. The lowest BCUT2D eigenvalue weighted by atomic mass is 9.68. The Kier molecular flexibility index (Phi) is 3.03. The summed E-state index contributed by atoms with van der Waals surface area (Å²) in [5.41, 5.74) is 0.303. The molecule has 2 nitrogen and oxygen atoms in total. The van der Waals surface area contributed by atoms with E-state index < -0.39 is 0 Å². The van der Waals surface area contributed by atoms with E-state index in [9.17, 15) is 5.11 Å². The molecule has 0 radical (unpaired) electrons. The van der Waals surface area contributed by atoms with E-state index in [0.717, 1.165) is 13.0 Å². The minimum absolute atomic E-state index is 0.0971. The monoisotopic (exact) mass is 185 g/mol. The summed E-state index contributed by atoms with van der Waals surface area (Å²) in [6, 6.07) is 0.564. The zero-order valence-corrected chi connectivity index (χ0v) is 9.35. The van der Waals surface area contributed by atoms with Crippen molar-refractivity contribution in [2.75, 3.05) is 13.2 Å². The summed E-state index contributed by atoms with van der Waals surface area (Å²) in [5, 5.41) is 12.9. The fourth-order valence-corrected chi connectivity index (χ4v) is 2.45. The molecule has 2 unspecified atom stereocenters. The predicted molar refractivity (Wildman–Crippen MR) is 55.7 cm³/mol. The molecule has 0 aromatic rings. The average molecular weight is 185 g/mol. The number of aliphatic hydroxyl groups excluding tert-OH is 1. The molecule has 2 atom stereocenters. The van der Waals surface area contributed by atoms with Gasteiger partial charge in [-0.05, 0) is 30.2 Å². The highest BCUT2D eigenvalue weighted by Crippen LogP contribution is 2.51. The van der Waals surface area contributed by atoms with Crippen LogP contribution in [0.25, 0.3) is 0 Å². The Morgan fingerprint density at radius 2 is 2.00 bits per heavy atom. The molecule has 1 rings (SSSR count). The van der Waals surface area contributed by atoms with Crippen molar-refractivity contribution >= 4 is 0 Å². The lowest BCUT2D eigenvalue weighted by Gasteiger charge is -2.40. The molecule has 1 aliphatic carbocycles. The van der Waals surface area contributed by atoms with Crippen molar-refractivity contribution in [3.63, 3.8) is 0 Å². The van der Waals surface area contributed by atoms with Crippen LogP contribution in [-0.2, 0) is 0 Å². The highest BCUT2D eigenvalue weighted by atomic mass is 16.3. The molecule has 0 bridgehead atoms. The van der Waals surface area contributed by atoms with Crippen LogP contribution in [0.2, 0.25) is 0 Å². The second-order valence-electron chi connectivity index (χ2n) is 5.09. The average Bonchev–Trinajstić information content (AvgIpc) is 2.30. The highest BCUT2D eigenvalue weighted by molar-refractivity contribution is 5.03. The molecular formula is C11H23NO. The van der Waals surface area contributed by atoms with Gasteiger partial charge in [0.25, 0.3) is 0 Å². The summed E-state index contributed by atoms with van der Waals surface area (Å²) in [7, 11) is 0. The van der Waals surface area contributed by atoms with Crippen LogP contribution in [0.5, 0.6) is 0 Å². The number of hydrogen-bond acceptors (Lipinski definition) is 2. The van der Waals surface area contributed by atoms with Gasteiger partial charge in [0, 0.05) is 12.6 Å². The SMILES string of the molecule is CCNC1CCC(C)(CO)C1(C)C. The number of hydrogen-bond donors (Lipinski definition) is 2. The minimum atomic E-state index is 0.0971. The lowest BCUT2D eigenvalue weighted by Crippen LogP contribution is -2.45. The molecule has 1 aliphatic rings. The van der Waals surface area contributed by atoms with Crippen LogP contribution in [0.15, 0.2) is 0 Å². The van der Waals surface area contributed by atoms with Gasteiger partial charge in [0.2, 0.25) is 0 Å². The number of aliphatic hydroxyl groups is 1. The molecule has 0 aromatic carbocycles. The third-order valence-corrected chi connectivity index (χ3v) is 4.21. The van der Waals surface area contributed by atoms with Gasteiger partial charge in [-0.15, -0.1) is 0 Å². The molecule has 1 saturated carbocycles. The first kappa shape index (κ1) is 11.0. The van der Waals surface area contributed by atoms with Crippen molar-refractivity contribution in [1.29, 1.82) is 0 Å². The first-order chi connectivity index (χ1) is 5.98. The fourth-order valence-electron chi connectivity index (χ4n) is 2.45. The molecule has 0 amide bonds. The fraction of sp³-hybridized carbons (Fsp3) is 1.00. The van der Waals surface area contributed by atoms with Crippen LogP contribution in [0.3, 0.4) is 0 Å². The van der Waals surface area contributed by atoms with E-state index in [4.69, 9.17) is 0 Å². The Morgan fingerprint density at radius 1 is 1.38 bits per heavy atom. The Morgan fingerprint density at radius 3 is 2.38 bits per heavy atom. The summed E-state index contributed by atoms with van der Waals surface area (Å²) in [6.45, 7) is 10.2. The number of rotatable bonds is 3. The van der Waals surface area contributed by atoms with Gasteiger partial charge in [-0.3, -0.25) is 0 Å². The van der Waals surface area contributed by atoms with Gasteiger partial charge in [-0.1, -0.05) is 27.7 Å². The maximum absolute atomic E-state index is 9.42. The third kappa shape index (κ3) is 1.62. The van der Waals surface area contributed by atoms with Gasteiger partial charge in [-0.2, -0.15) is 0 Å². The van der Waals surface area contributed by atoms with Crippen molar-refractivity contribution in [1.82, 2.24) is 5.32 Å². The van der Waals surface area contributed by atoms with Crippen molar-refractivity contribution < 1.29 is 5.11 Å². The molecule has 0 aromatic heterocycles. The molecule has 2 heteroatoms. The topological polar surface area (TPSA) is 32.3 Å². The smallest absolute Gasteiger partial charge is 0.0490 e. The molecular weight excluding hydrogens is 162 g/mol. The summed E-state index contributed by atoms with van der Waals surface area (Å²) < 4.78 is 0. The lowest BCUT2D eigenvalue weighted by molar-refractivity contribution is 0.0361. The van der Waals surface area contributed by atoms with Crippen LogP contribution in [0.4, 0.5) is 0 Å². The van der Waals surface area contributed by atoms with E-state index in [1.807, 2.05) is 0 Å².